The molecule has 0 spiro atoms. The standard InChI is InChI=1S/C31H31N7O2S/c1-22-9-7-12-26(19-22)38(28(39)21-37-34-30(33-35-37)27-13-8-18-41-27)29(24-14-16-25(17-15-24)36(2)3)31(40)32-20-23-10-5-4-6-11-23/h4-19,29H,20-21H2,1-3H3,(H,32,40)/t29-/m0/s1. The van der Waals surface area contributed by atoms with Gasteiger partial charge in [0.15, 0.2) is 0 Å². The van der Waals surface area contributed by atoms with Crippen LogP contribution in [0.25, 0.3) is 10.7 Å². The van der Waals surface area contributed by atoms with Crippen LogP contribution in [0.5, 0.6) is 0 Å². The van der Waals surface area contributed by atoms with E-state index in [1.54, 1.807) is 0 Å². The number of aryl methyl sites for hydroxylation is 1. The van der Waals surface area contributed by atoms with Crippen molar-refractivity contribution in [3.05, 3.63) is 113 Å². The molecule has 2 aromatic heterocycles. The molecule has 3 aromatic carbocycles. The average Bonchev–Trinajstić information content (AvgIpc) is 3.68. The highest BCUT2D eigenvalue weighted by atomic mass is 32.1. The number of carbonyl (C=O) groups excluding carboxylic acids is 2. The molecule has 0 unspecified atom stereocenters. The van der Waals surface area contributed by atoms with Gasteiger partial charge in [0.2, 0.25) is 11.7 Å². The van der Waals surface area contributed by atoms with Crippen molar-refractivity contribution in [2.75, 3.05) is 23.9 Å². The van der Waals surface area contributed by atoms with Crippen molar-refractivity contribution in [1.29, 1.82) is 0 Å². The zero-order valence-corrected chi connectivity index (χ0v) is 24.0. The maximum absolute atomic E-state index is 14.1. The van der Waals surface area contributed by atoms with Crippen LogP contribution >= 0.6 is 11.3 Å². The number of hydrogen-bond acceptors (Lipinski definition) is 7. The first-order valence-electron chi connectivity index (χ1n) is 13.2. The highest BCUT2D eigenvalue weighted by Gasteiger charge is 2.33. The highest BCUT2D eigenvalue weighted by Crippen LogP contribution is 2.30. The van der Waals surface area contributed by atoms with E-state index < -0.39 is 6.04 Å². The second-order valence-electron chi connectivity index (χ2n) is 9.82. The fraction of sp³-hybridized carbons (Fsp3) is 0.194. The lowest BCUT2D eigenvalue weighted by molar-refractivity contribution is -0.127. The van der Waals surface area contributed by atoms with Crippen LogP contribution in [0.1, 0.15) is 22.7 Å². The summed E-state index contributed by atoms with van der Waals surface area (Å²) in [6, 6.07) is 27.8. The summed E-state index contributed by atoms with van der Waals surface area (Å²) in [6.07, 6.45) is 0. The maximum Gasteiger partial charge on any atom is 0.251 e. The van der Waals surface area contributed by atoms with Gasteiger partial charge in [0.25, 0.3) is 5.91 Å². The summed E-state index contributed by atoms with van der Waals surface area (Å²) < 4.78 is 0. The molecule has 208 valence electrons. The van der Waals surface area contributed by atoms with Crippen molar-refractivity contribution in [3.8, 4) is 10.7 Å². The lowest BCUT2D eigenvalue weighted by Gasteiger charge is -2.32. The lowest BCUT2D eigenvalue weighted by Crippen LogP contribution is -2.45. The zero-order chi connectivity index (χ0) is 28.8. The predicted octanol–water partition coefficient (Wildman–Crippen LogP) is 4.87. The van der Waals surface area contributed by atoms with Gasteiger partial charge in [-0.3, -0.25) is 14.5 Å². The number of thiophene rings is 1. The number of aromatic nitrogens is 4. The Morgan fingerprint density at radius 3 is 2.39 bits per heavy atom. The molecule has 0 aliphatic heterocycles. The van der Waals surface area contributed by atoms with Gasteiger partial charge >= 0.3 is 0 Å². The van der Waals surface area contributed by atoms with Gasteiger partial charge in [0.1, 0.15) is 12.6 Å². The molecule has 1 atom stereocenters. The molecule has 10 heteroatoms. The van der Waals surface area contributed by atoms with Gasteiger partial charge in [-0.25, -0.2) is 0 Å². The SMILES string of the molecule is Cc1cccc(N(C(=O)Cn2nnc(-c3cccs3)n2)[C@H](C(=O)NCc2ccccc2)c2ccc(N(C)C)cc2)c1. The molecule has 2 heterocycles. The fourth-order valence-corrected chi connectivity index (χ4v) is 5.13. The molecule has 0 bridgehead atoms. The van der Waals surface area contributed by atoms with Crippen molar-refractivity contribution in [2.24, 2.45) is 0 Å². The summed E-state index contributed by atoms with van der Waals surface area (Å²) in [5.74, 6) is -0.194. The fourth-order valence-electron chi connectivity index (χ4n) is 4.48. The van der Waals surface area contributed by atoms with Crippen LogP contribution in [0.3, 0.4) is 0 Å². The van der Waals surface area contributed by atoms with E-state index in [4.69, 9.17) is 0 Å². The van der Waals surface area contributed by atoms with E-state index in [1.165, 1.54) is 21.0 Å². The molecular formula is C31H31N7O2S. The van der Waals surface area contributed by atoms with E-state index in [9.17, 15) is 9.59 Å². The second kappa shape index (κ2) is 12.6. The molecule has 2 amide bonds. The predicted molar refractivity (Wildman–Crippen MR) is 162 cm³/mol. The van der Waals surface area contributed by atoms with E-state index in [0.29, 0.717) is 23.6 Å². The van der Waals surface area contributed by atoms with Gasteiger partial charge < -0.3 is 10.2 Å². The number of anilines is 2. The third kappa shape index (κ3) is 6.67. The molecule has 41 heavy (non-hydrogen) atoms. The van der Waals surface area contributed by atoms with Gasteiger partial charge in [-0.2, -0.15) is 4.80 Å². The van der Waals surface area contributed by atoms with Crippen molar-refractivity contribution < 1.29 is 9.59 Å². The van der Waals surface area contributed by atoms with Gasteiger partial charge in [0.05, 0.1) is 4.88 Å². The first kappa shape index (κ1) is 27.7. The Balaban J connectivity index is 1.52. The molecule has 5 rings (SSSR count). The Bertz CT molecular complexity index is 1600. The van der Waals surface area contributed by atoms with Crippen LogP contribution < -0.4 is 15.1 Å². The molecule has 0 aliphatic rings. The third-order valence-electron chi connectivity index (χ3n) is 6.56. The van der Waals surface area contributed by atoms with Crippen molar-refractivity contribution >= 4 is 34.5 Å². The summed E-state index contributed by atoms with van der Waals surface area (Å²) in [7, 11) is 3.91. The third-order valence-corrected chi connectivity index (χ3v) is 7.43. The van der Waals surface area contributed by atoms with Crippen LogP contribution in [-0.2, 0) is 22.7 Å². The van der Waals surface area contributed by atoms with Crippen LogP contribution in [-0.4, -0.2) is 46.1 Å². The number of nitrogens with zero attached hydrogens (tertiary/aromatic N) is 6. The molecule has 0 saturated carbocycles. The molecule has 5 aromatic rings. The van der Waals surface area contributed by atoms with Crippen LogP contribution in [0.2, 0.25) is 0 Å². The first-order chi connectivity index (χ1) is 19.9. The summed E-state index contributed by atoms with van der Waals surface area (Å²) in [5.41, 5.74) is 4.19. The Hall–Kier alpha value is -4.83. The topological polar surface area (TPSA) is 96.2 Å². The quantitative estimate of drug-likeness (QED) is 0.260. The molecular weight excluding hydrogens is 534 g/mol. The minimum atomic E-state index is -0.940. The molecule has 0 saturated heterocycles. The largest absolute Gasteiger partial charge is 0.378 e. The maximum atomic E-state index is 14.1. The highest BCUT2D eigenvalue weighted by molar-refractivity contribution is 7.13. The van der Waals surface area contributed by atoms with E-state index in [0.717, 1.165) is 21.7 Å². The van der Waals surface area contributed by atoms with Crippen LogP contribution in [0, 0.1) is 6.92 Å². The van der Waals surface area contributed by atoms with E-state index in [1.807, 2.05) is 122 Å². The number of amides is 2. The molecule has 1 N–H and O–H groups in total. The van der Waals surface area contributed by atoms with Crippen molar-refractivity contribution in [3.63, 3.8) is 0 Å². The Kier molecular flexibility index (Phi) is 8.50. The molecule has 0 fully saturated rings. The zero-order valence-electron chi connectivity index (χ0n) is 23.1. The summed E-state index contributed by atoms with van der Waals surface area (Å²) in [4.78, 5) is 33.7. The monoisotopic (exact) mass is 565 g/mol. The van der Waals surface area contributed by atoms with Gasteiger partial charge in [-0.1, -0.05) is 60.7 Å². The van der Waals surface area contributed by atoms with Gasteiger partial charge in [-0.15, -0.1) is 21.5 Å². The van der Waals surface area contributed by atoms with Gasteiger partial charge in [0, 0.05) is 32.0 Å². The normalized spacial score (nSPS) is 11.6. The summed E-state index contributed by atoms with van der Waals surface area (Å²) >= 11 is 1.50. The lowest BCUT2D eigenvalue weighted by atomic mass is 10.0. The second-order valence-corrected chi connectivity index (χ2v) is 10.8. The molecule has 9 nitrogen and oxygen atoms in total. The Morgan fingerprint density at radius 2 is 1.71 bits per heavy atom. The van der Waals surface area contributed by atoms with E-state index in [2.05, 4.69) is 20.7 Å². The first-order valence-corrected chi connectivity index (χ1v) is 14.1. The number of tetrazole rings is 1. The summed E-state index contributed by atoms with van der Waals surface area (Å²) in [5, 5.41) is 17.6. The molecule has 0 aliphatic carbocycles. The van der Waals surface area contributed by atoms with Crippen LogP contribution in [0.4, 0.5) is 11.4 Å². The summed E-state index contributed by atoms with van der Waals surface area (Å²) in [6.45, 7) is 2.09. The van der Waals surface area contributed by atoms with Crippen molar-refractivity contribution in [2.45, 2.75) is 26.1 Å². The Morgan fingerprint density at radius 1 is 0.927 bits per heavy atom. The smallest absolute Gasteiger partial charge is 0.251 e. The average molecular weight is 566 g/mol. The number of benzene rings is 3. The number of hydrogen-bond donors (Lipinski definition) is 1. The number of carbonyl (C=O) groups is 2. The number of rotatable bonds is 10. The minimum absolute atomic E-state index is 0.190. The minimum Gasteiger partial charge on any atom is -0.378 e. The molecule has 0 radical (unpaired) electrons. The Labute approximate surface area is 243 Å². The number of nitrogens with one attached hydrogen (secondary N) is 1. The van der Waals surface area contributed by atoms with Crippen LogP contribution in [0.15, 0.2) is 96.4 Å². The van der Waals surface area contributed by atoms with E-state index in [-0.39, 0.29) is 18.4 Å². The van der Waals surface area contributed by atoms with E-state index >= 15 is 0 Å². The van der Waals surface area contributed by atoms with Crippen molar-refractivity contribution in [1.82, 2.24) is 25.5 Å². The van der Waals surface area contributed by atoms with Gasteiger partial charge in [-0.05, 0) is 64.5 Å².